The van der Waals surface area contributed by atoms with Crippen molar-refractivity contribution in [1.82, 2.24) is 5.32 Å². The number of hydrogen-bond donors (Lipinski definition) is 4. The zero-order valence-corrected chi connectivity index (χ0v) is 25.6. The molecule has 4 N–H and O–H groups in total. The van der Waals surface area contributed by atoms with E-state index in [9.17, 15) is 20.1 Å². The molecule has 0 aromatic heterocycles. The lowest BCUT2D eigenvalue weighted by Crippen LogP contribution is -2.49. The monoisotopic (exact) mass is 542 g/mol. The number of aliphatic hydroxyl groups excluding tert-OH is 3. The van der Waals surface area contributed by atoms with Crippen LogP contribution in [0.5, 0.6) is 0 Å². The van der Waals surface area contributed by atoms with E-state index in [1.165, 1.54) is 122 Å². The summed E-state index contributed by atoms with van der Waals surface area (Å²) in [4.78, 5) is 12.3. The number of carbonyl (C=O) groups is 1. The first-order valence-corrected chi connectivity index (χ1v) is 16.8. The lowest BCUT2D eigenvalue weighted by molar-refractivity contribution is -0.131. The highest BCUT2D eigenvalue weighted by molar-refractivity contribution is 5.80. The van der Waals surface area contributed by atoms with E-state index in [0.717, 1.165) is 32.1 Å². The SMILES string of the molecule is CCCCCCCCCCCCCCCC(O)C(CO)NC(=O)C(O)CCCCCCCCCCCCC. The van der Waals surface area contributed by atoms with Crippen molar-refractivity contribution in [2.45, 2.75) is 199 Å². The van der Waals surface area contributed by atoms with Crippen LogP contribution in [0.2, 0.25) is 0 Å². The highest BCUT2D eigenvalue weighted by Gasteiger charge is 2.23. The smallest absolute Gasteiger partial charge is 0.249 e. The van der Waals surface area contributed by atoms with Crippen molar-refractivity contribution < 1.29 is 20.1 Å². The minimum absolute atomic E-state index is 0.309. The van der Waals surface area contributed by atoms with Crippen LogP contribution in [0, 0.1) is 0 Å². The molecule has 3 atom stereocenters. The van der Waals surface area contributed by atoms with Gasteiger partial charge < -0.3 is 20.6 Å². The van der Waals surface area contributed by atoms with Gasteiger partial charge in [-0.15, -0.1) is 0 Å². The maximum atomic E-state index is 12.3. The van der Waals surface area contributed by atoms with E-state index < -0.39 is 24.2 Å². The summed E-state index contributed by atoms with van der Waals surface area (Å²) in [5, 5.41) is 33.0. The van der Waals surface area contributed by atoms with Gasteiger partial charge in [0.25, 0.3) is 0 Å². The molecule has 0 radical (unpaired) electrons. The third-order valence-corrected chi connectivity index (χ3v) is 7.98. The molecule has 0 aliphatic heterocycles. The van der Waals surface area contributed by atoms with Gasteiger partial charge in [0.15, 0.2) is 0 Å². The van der Waals surface area contributed by atoms with Gasteiger partial charge in [0.1, 0.15) is 6.10 Å². The second-order valence-corrected chi connectivity index (χ2v) is 11.7. The second-order valence-electron chi connectivity index (χ2n) is 11.7. The van der Waals surface area contributed by atoms with E-state index in [2.05, 4.69) is 19.2 Å². The lowest BCUT2D eigenvalue weighted by atomic mass is 10.0. The summed E-state index contributed by atoms with van der Waals surface area (Å²) >= 11 is 0. The molecule has 0 aliphatic rings. The van der Waals surface area contributed by atoms with Gasteiger partial charge in [0.2, 0.25) is 5.91 Å². The first kappa shape index (κ1) is 37.4. The Balaban J connectivity index is 3.70. The van der Waals surface area contributed by atoms with Crippen molar-refractivity contribution in [2.75, 3.05) is 6.61 Å². The fourth-order valence-corrected chi connectivity index (χ4v) is 5.25. The molecule has 1 amide bonds. The lowest BCUT2D eigenvalue weighted by Gasteiger charge is -2.23. The number of amides is 1. The fraction of sp³-hybridized carbons (Fsp3) is 0.970. The van der Waals surface area contributed by atoms with E-state index in [0.29, 0.717) is 12.8 Å². The second kappa shape index (κ2) is 29.3. The van der Waals surface area contributed by atoms with Crippen LogP contribution in [-0.2, 0) is 4.79 Å². The first-order valence-electron chi connectivity index (χ1n) is 16.8. The molecule has 0 bridgehead atoms. The molecular weight excluding hydrogens is 474 g/mol. The van der Waals surface area contributed by atoms with Crippen molar-refractivity contribution in [3.8, 4) is 0 Å². The highest BCUT2D eigenvalue weighted by atomic mass is 16.3. The standard InChI is InChI=1S/C33H67NO4/c1-3-5-7-9-11-13-15-16-18-19-21-23-25-27-31(36)30(29-35)34-33(38)32(37)28-26-24-22-20-17-14-12-10-8-6-4-2/h30-32,35-37H,3-29H2,1-2H3,(H,34,38). The molecular formula is C33H67NO4. The molecule has 3 unspecified atom stereocenters. The van der Waals surface area contributed by atoms with Gasteiger partial charge >= 0.3 is 0 Å². The Bertz CT molecular complexity index is 488. The minimum atomic E-state index is -1.06. The topological polar surface area (TPSA) is 89.8 Å². The normalized spacial score (nSPS) is 13.9. The van der Waals surface area contributed by atoms with Gasteiger partial charge in [0, 0.05) is 0 Å². The number of hydrogen-bond acceptors (Lipinski definition) is 4. The van der Waals surface area contributed by atoms with Crippen LogP contribution < -0.4 is 5.32 Å². The van der Waals surface area contributed by atoms with E-state index >= 15 is 0 Å². The number of carbonyl (C=O) groups excluding carboxylic acids is 1. The fourth-order valence-electron chi connectivity index (χ4n) is 5.25. The molecule has 0 fully saturated rings. The van der Waals surface area contributed by atoms with Crippen molar-refractivity contribution in [3.05, 3.63) is 0 Å². The molecule has 38 heavy (non-hydrogen) atoms. The van der Waals surface area contributed by atoms with Crippen molar-refractivity contribution in [3.63, 3.8) is 0 Å². The minimum Gasteiger partial charge on any atom is -0.394 e. The predicted octanol–water partition coefficient (Wildman–Crippen LogP) is 8.37. The van der Waals surface area contributed by atoms with Crippen LogP contribution in [-0.4, -0.2) is 46.1 Å². The van der Waals surface area contributed by atoms with Crippen LogP contribution in [0.15, 0.2) is 0 Å². The van der Waals surface area contributed by atoms with E-state index in [1.807, 2.05) is 0 Å². The summed E-state index contributed by atoms with van der Waals surface area (Å²) in [7, 11) is 0. The average Bonchev–Trinajstić information content (AvgIpc) is 2.92. The average molecular weight is 542 g/mol. The van der Waals surface area contributed by atoms with Crippen molar-refractivity contribution in [1.29, 1.82) is 0 Å². The molecule has 0 spiro atoms. The summed E-state index contributed by atoms with van der Waals surface area (Å²) in [5.41, 5.74) is 0. The largest absolute Gasteiger partial charge is 0.394 e. The molecule has 5 nitrogen and oxygen atoms in total. The summed E-state index contributed by atoms with van der Waals surface area (Å²) in [6, 6.07) is -0.702. The van der Waals surface area contributed by atoms with Crippen LogP contribution in [0.3, 0.4) is 0 Å². The zero-order chi connectivity index (χ0) is 28.1. The number of rotatable bonds is 30. The molecule has 5 heteroatoms. The van der Waals surface area contributed by atoms with Gasteiger partial charge in [-0.2, -0.15) is 0 Å². The van der Waals surface area contributed by atoms with Crippen molar-refractivity contribution in [2.24, 2.45) is 0 Å². The molecule has 0 aromatic rings. The quantitative estimate of drug-likeness (QED) is 0.0688. The van der Waals surface area contributed by atoms with Gasteiger partial charge in [0.05, 0.1) is 18.8 Å². The Hall–Kier alpha value is -0.650. The molecule has 0 saturated carbocycles. The first-order chi connectivity index (χ1) is 18.6. The molecule has 228 valence electrons. The van der Waals surface area contributed by atoms with Gasteiger partial charge in [-0.1, -0.05) is 168 Å². The summed E-state index contributed by atoms with van der Waals surface area (Å²) in [5.74, 6) is -0.472. The van der Waals surface area contributed by atoms with E-state index in [-0.39, 0.29) is 6.61 Å². The summed E-state index contributed by atoms with van der Waals surface area (Å²) in [6.45, 7) is 4.20. The Morgan fingerprint density at radius 3 is 1.18 bits per heavy atom. The summed E-state index contributed by atoms with van der Waals surface area (Å²) < 4.78 is 0. The van der Waals surface area contributed by atoms with Crippen molar-refractivity contribution >= 4 is 5.91 Å². The number of aliphatic hydroxyl groups is 3. The molecule has 0 aliphatic carbocycles. The molecule has 0 heterocycles. The zero-order valence-electron chi connectivity index (χ0n) is 25.6. The molecule has 0 aromatic carbocycles. The van der Waals surface area contributed by atoms with Crippen LogP contribution in [0.25, 0.3) is 0 Å². The highest BCUT2D eigenvalue weighted by Crippen LogP contribution is 2.15. The van der Waals surface area contributed by atoms with Crippen LogP contribution >= 0.6 is 0 Å². The van der Waals surface area contributed by atoms with Gasteiger partial charge in [-0.25, -0.2) is 0 Å². The maximum Gasteiger partial charge on any atom is 0.249 e. The Morgan fingerprint density at radius 1 is 0.526 bits per heavy atom. The molecule has 0 rings (SSSR count). The Labute approximate surface area is 237 Å². The van der Waals surface area contributed by atoms with Crippen LogP contribution in [0.1, 0.15) is 181 Å². The Morgan fingerprint density at radius 2 is 0.842 bits per heavy atom. The third kappa shape index (κ3) is 24.4. The Kier molecular flexibility index (Phi) is 28.8. The van der Waals surface area contributed by atoms with Gasteiger partial charge in [-0.05, 0) is 12.8 Å². The van der Waals surface area contributed by atoms with E-state index in [1.54, 1.807) is 0 Å². The van der Waals surface area contributed by atoms with E-state index in [4.69, 9.17) is 0 Å². The third-order valence-electron chi connectivity index (χ3n) is 7.98. The van der Waals surface area contributed by atoms with Crippen LogP contribution in [0.4, 0.5) is 0 Å². The van der Waals surface area contributed by atoms with Gasteiger partial charge in [-0.3, -0.25) is 4.79 Å². The maximum absolute atomic E-state index is 12.3. The summed E-state index contributed by atoms with van der Waals surface area (Å²) in [6.07, 6.45) is 29.3. The molecule has 0 saturated heterocycles. The number of nitrogens with one attached hydrogen (secondary N) is 1. The number of unbranched alkanes of at least 4 members (excludes halogenated alkanes) is 22. The predicted molar refractivity (Wildman–Crippen MR) is 162 cm³/mol.